The van der Waals surface area contributed by atoms with Crippen LogP contribution in [0.2, 0.25) is 0 Å². The van der Waals surface area contributed by atoms with Gasteiger partial charge in [-0.05, 0) is 31.0 Å². The minimum Gasteiger partial charge on any atom is -0.397 e. The molecular weight excluding hydrogens is 330 g/mol. The molecule has 0 saturated carbocycles. The molecule has 5 nitrogen and oxygen atoms in total. The van der Waals surface area contributed by atoms with Gasteiger partial charge in [-0.2, -0.15) is 12.7 Å². The molecular formula is C12H18BrN3O2S. The van der Waals surface area contributed by atoms with E-state index in [1.54, 1.807) is 25.2 Å². The van der Waals surface area contributed by atoms with Gasteiger partial charge in [-0.25, -0.2) is 0 Å². The summed E-state index contributed by atoms with van der Waals surface area (Å²) in [6.45, 7) is 1.17. The van der Waals surface area contributed by atoms with E-state index in [9.17, 15) is 8.42 Å². The van der Waals surface area contributed by atoms with Crippen LogP contribution in [-0.4, -0.2) is 32.9 Å². The Morgan fingerprint density at radius 1 is 1.26 bits per heavy atom. The maximum atomic E-state index is 12.5. The van der Waals surface area contributed by atoms with Crippen LogP contribution >= 0.6 is 15.9 Å². The standard InChI is InChI=1S/C12H18BrN3O2S/c1-15(12-6-5-10(13)9-11(12)14)19(17,18)16-7-3-2-4-8-16/h5-6,9H,2-4,7-8,14H2,1H3. The second-order valence-electron chi connectivity index (χ2n) is 4.64. The predicted octanol–water partition coefficient (Wildman–Crippen LogP) is 2.20. The van der Waals surface area contributed by atoms with E-state index in [1.165, 1.54) is 8.61 Å². The molecule has 1 saturated heterocycles. The number of hydrogen-bond donors (Lipinski definition) is 1. The first-order chi connectivity index (χ1) is 8.93. The fourth-order valence-corrected chi connectivity index (χ4v) is 4.06. The number of piperidine rings is 1. The fourth-order valence-electron chi connectivity index (χ4n) is 2.21. The number of nitrogens with two attached hydrogens (primary N) is 1. The highest BCUT2D eigenvalue weighted by Gasteiger charge is 2.29. The lowest BCUT2D eigenvalue weighted by molar-refractivity contribution is 0.346. The highest BCUT2D eigenvalue weighted by Crippen LogP contribution is 2.29. The van der Waals surface area contributed by atoms with Crippen molar-refractivity contribution < 1.29 is 8.42 Å². The van der Waals surface area contributed by atoms with Crippen molar-refractivity contribution in [3.63, 3.8) is 0 Å². The van der Waals surface area contributed by atoms with Gasteiger partial charge in [0.2, 0.25) is 0 Å². The van der Waals surface area contributed by atoms with Gasteiger partial charge in [0.15, 0.2) is 0 Å². The lowest BCUT2D eigenvalue weighted by Gasteiger charge is -2.31. The van der Waals surface area contributed by atoms with Crippen LogP contribution in [0.25, 0.3) is 0 Å². The first kappa shape index (κ1) is 14.6. The Labute approximate surface area is 122 Å². The van der Waals surface area contributed by atoms with E-state index in [0.717, 1.165) is 23.7 Å². The van der Waals surface area contributed by atoms with E-state index in [-0.39, 0.29) is 0 Å². The van der Waals surface area contributed by atoms with Gasteiger partial charge in [-0.15, -0.1) is 0 Å². The number of nitrogen functional groups attached to an aromatic ring is 1. The minimum absolute atomic E-state index is 0.442. The summed E-state index contributed by atoms with van der Waals surface area (Å²) in [4.78, 5) is 0. The average molecular weight is 348 g/mol. The normalized spacial score (nSPS) is 17.4. The Bertz CT molecular complexity index is 556. The van der Waals surface area contributed by atoms with Crippen LogP contribution in [0.15, 0.2) is 22.7 Å². The summed E-state index contributed by atoms with van der Waals surface area (Å²) in [7, 11) is -1.93. The Balaban J connectivity index is 2.29. The highest BCUT2D eigenvalue weighted by atomic mass is 79.9. The molecule has 1 heterocycles. The Hall–Kier alpha value is -0.790. The molecule has 0 radical (unpaired) electrons. The van der Waals surface area contributed by atoms with E-state index in [1.807, 2.05) is 0 Å². The van der Waals surface area contributed by atoms with Gasteiger partial charge in [0.05, 0.1) is 11.4 Å². The molecule has 1 aliphatic heterocycles. The van der Waals surface area contributed by atoms with Crippen LogP contribution in [0, 0.1) is 0 Å². The summed E-state index contributed by atoms with van der Waals surface area (Å²) in [5.41, 5.74) is 6.84. The van der Waals surface area contributed by atoms with E-state index in [2.05, 4.69) is 15.9 Å². The van der Waals surface area contributed by atoms with Crippen LogP contribution in [0.1, 0.15) is 19.3 Å². The van der Waals surface area contributed by atoms with Gasteiger partial charge in [0, 0.05) is 24.6 Å². The fraction of sp³-hybridized carbons (Fsp3) is 0.500. The monoisotopic (exact) mass is 347 g/mol. The van der Waals surface area contributed by atoms with Crippen molar-refractivity contribution in [2.45, 2.75) is 19.3 Å². The van der Waals surface area contributed by atoms with Gasteiger partial charge in [0.1, 0.15) is 0 Å². The van der Waals surface area contributed by atoms with Gasteiger partial charge in [-0.3, -0.25) is 4.31 Å². The second kappa shape index (κ2) is 5.68. The molecule has 0 unspecified atom stereocenters. The third-order valence-electron chi connectivity index (χ3n) is 3.32. The van der Waals surface area contributed by atoms with E-state index in [4.69, 9.17) is 5.73 Å². The number of halogens is 1. The summed E-state index contributed by atoms with van der Waals surface area (Å²) in [5.74, 6) is 0. The zero-order valence-corrected chi connectivity index (χ0v) is 13.2. The summed E-state index contributed by atoms with van der Waals surface area (Å²) in [5, 5.41) is 0. The van der Waals surface area contributed by atoms with Gasteiger partial charge < -0.3 is 5.73 Å². The number of rotatable bonds is 3. The second-order valence-corrected chi connectivity index (χ2v) is 7.51. The summed E-state index contributed by atoms with van der Waals surface area (Å²) in [6.07, 6.45) is 2.93. The molecule has 2 rings (SSSR count). The Morgan fingerprint density at radius 2 is 1.89 bits per heavy atom. The molecule has 1 aromatic carbocycles. The maximum Gasteiger partial charge on any atom is 0.303 e. The third kappa shape index (κ3) is 3.04. The quantitative estimate of drug-likeness (QED) is 0.852. The van der Waals surface area contributed by atoms with Gasteiger partial charge in [0.25, 0.3) is 0 Å². The van der Waals surface area contributed by atoms with Crippen LogP contribution < -0.4 is 10.0 Å². The smallest absolute Gasteiger partial charge is 0.303 e. The first-order valence-electron chi connectivity index (χ1n) is 6.22. The molecule has 1 aliphatic rings. The summed E-state index contributed by atoms with van der Waals surface area (Å²) < 4.78 is 28.6. The molecule has 0 aromatic heterocycles. The third-order valence-corrected chi connectivity index (χ3v) is 5.72. The SMILES string of the molecule is CN(c1ccc(Br)cc1N)S(=O)(=O)N1CCCCC1. The molecule has 0 aliphatic carbocycles. The zero-order chi connectivity index (χ0) is 14.0. The molecule has 7 heteroatoms. The van der Waals surface area contributed by atoms with Crippen LogP contribution in [0.5, 0.6) is 0 Å². The molecule has 0 bridgehead atoms. The Kier molecular flexibility index (Phi) is 4.37. The van der Waals surface area contributed by atoms with Crippen LogP contribution in [-0.2, 0) is 10.2 Å². The molecule has 106 valence electrons. The summed E-state index contributed by atoms with van der Waals surface area (Å²) >= 11 is 3.31. The average Bonchev–Trinajstić information content (AvgIpc) is 2.39. The lowest BCUT2D eigenvalue weighted by Crippen LogP contribution is -2.44. The van der Waals surface area contributed by atoms with Gasteiger partial charge >= 0.3 is 10.2 Å². The van der Waals surface area contributed by atoms with Gasteiger partial charge in [-0.1, -0.05) is 22.4 Å². The topological polar surface area (TPSA) is 66.6 Å². The van der Waals surface area contributed by atoms with Crippen LogP contribution in [0.3, 0.4) is 0 Å². The minimum atomic E-state index is -3.48. The van der Waals surface area contributed by atoms with E-state index in [0.29, 0.717) is 24.5 Å². The van der Waals surface area contributed by atoms with Crippen molar-refractivity contribution >= 4 is 37.5 Å². The zero-order valence-electron chi connectivity index (χ0n) is 10.8. The Morgan fingerprint density at radius 3 is 2.47 bits per heavy atom. The molecule has 19 heavy (non-hydrogen) atoms. The van der Waals surface area contributed by atoms with Crippen molar-refractivity contribution in [2.24, 2.45) is 0 Å². The van der Waals surface area contributed by atoms with Crippen molar-refractivity contribution in [3.05, 3.63) is 22.7 Å². The predicted molar refractivity (Wildman–Crippen MR) is 81.3 cm³/mol. The number of anilines is 2. The molecule has 1 fully saturated rings. The first-order valence-corrected chi connectivity index (χ1v) is 8.41. The maximum absolute atomic E-state index is 12.5. The molecule has 1 aromatic rings. The van der Waals surface area contributed by atoms with Crippen molar-refractivity contribution in [1.82, 2.24) is 4.31 Å². The highest BCUT2D eigenvalue weighted by molar-refractivity contribution is 9.10. The van der Waals surface area contributed by atoms with E-state index < -0.39 is 10.2 Å². The number of benzene rings is 1. The van der Waals surface area contributed by atoms with Crippen molar-refractivity contribution in [3.8, 4) is 0 Å². The van der Waals surface area contributed by atoms with Crippen molar-refractivity contribution in [2.75, 3.05) is 30.2 Å². The molecule has 0 amide bonds. The molecule has 0 atom stereocenters. The van der Waals surface area contributed by atoms with E-state index >= 15 is 0 Å². The molecule has 0 spiro atoms. The number of hydrogen-bond acceptors (Lipinski definition) is 3. The number of nitrogens with zero attached hydrogens (tertiary/aromatic N) is 2. The molecule has 2 N–H and O–H groups in total. The summed E-state index contributed by atoms with van der Waals surface area (Å²) in [6, 6.07) is 5.20. The largest absolute Gasteiger partial charge is 0.397 e. The lowest BCUT2D eigenvalue weighted by atomic mass is 10.2. The van der Waals surface area contributed by atoms with Crippen molar-refractivity contribution in [1.29, 1.82) is 0 Å². The van der Waals surface area contributed by atoms with Crippen LogP contribution in [0.4, 0.5) is 11.4 Å².